The van der Waals surface area contributed by atoms with Crippen molar-refractivity contribution in [3.8, 4) is 0 Å². The molecule has 1 aromatic rings. The second-order valence-electron chi connectivity index (χ2n) is 6.03. The smallest absolute Gasteiger partial charge is 0.254 e. The predicted molar refractivity (Wildman–Crippen MR) is 83.0 cm³/mol. The summed E-state index contributed by atoms with van der Waals surface area (Å²) in [6.07, 6.45) is 12.7. The molecule has 0 unspecified atom stereocenters. The maximum atomic E-state index is 12.4. The van der Waals surface area contributed by atoms with Crippen molar-refractivity contribution in [3.05, 3.63) is 42.2 Å². The second-order valence-corrected chi connectivity index (χ2v) is 6.03. The average molecular weight is 285 g/mol. The number of pyridine rings is 1. The third-order valence-electron chi connectivity index (χ3n) is 4.48. The molecule has 0 spiro atoms. The van der Waals surface area contributed by atoms with Crippen molar-refractivity contribution in [2.75, 3.05) is 19.6 Å². The van der Waals surface area contributed by atoms with Gasteiger partial charge in [-0.15, -0.1) is 0 Å². The van der Waals surface area contributed by atoms with E-state index in [1.807, 2.05) is 4.90 Å². The molecule has 1 saturated heterocycles. The van der Waals surface area contributed by atoms with E-state index < -0.39 is 0 Å². The maximum Gasteiger partial charge on any atom is 0.254 e. The van der Waals surface area contributed by atoms with E-state index in [0.717, 1.165) is 37.5 Å². The summed E-state index contributed by atoms with van der Waals surface area (Å²) in [6.45, 7) is 2.75. The van der Waals surface area contributed by atoms with Crippen LogP contribution in [0.4, 0.5) is 0 Å². The Balaban J connectivity index is 1.47. The molecule has 0 saturated carbocycles. The highest BCUT2D eigenvalue weighted by Crippen LogP contribution is 2.18. The van der Waals surface area contributed by atoms with Gasteiger partial charge in [-0.25, -0.2) is 0 Å². The van der Waals surface area contributed by atoms with Gasteiger partial charge in [-0.2, -0.15) is 0 Å². The Kier molecular flexibility index (Phi) is 4.65. The first-order valence-electron chi connectivity index (χ1n) is 7.90. The van der Waals surface area contributed by atoms with Crippen LogP contribution in [0.25, 0.3) is 0 Å². The maximum absolute atomic E-state index is 12.4. The fraction of sp³-hybridized carbons (Fsp3) is 0.529. The fourth-order valence-electron chi connectivity index (χ4n) is 3.16. The molecule has 0 bridgehead atoms. The molecule has 112 valence electrons. The molecule has 21 heavy (non-hydrogen) atoms. The van der Waals surface area contributed by atoms with Crippen LogP contribution in [0.15, 0.2) is 36.7 Å². The Morgan fingerprint density at radius 1 is 1.29 bits per heavy atom. The zero-order valence-electron chi connectivity index (χ0n) is 12.4. The lowest BCUT2D eigenvalue weighted by molar-refractivity contribution is 0.0789. The minimum absolute atomic E-state index is 0.127. The Labute approximate surface area is 126 Å². The van der Waals surface area contributed by atoms with Crippen LogP contribution in [-0.4, -0.2) is 41.5 Å². The van der Waals surface area contributed by atoms with Gasteiger partial charge in [0.05, 0.1) is 0 Å². The van der Waals surface area contributed by atoms with Crippen molar-refractivity contribution in [2.45, 2.75) is 31.7 Å². The van der Waals surface area contributed by atoms with E-state index in [-0.39, 0.29) is 5.91 Å². The molecule has 1 aliphatic carbocycles. The number of amides is 1. The summed E-state index contributed by atoms with van der Waals surface area (Å²) in [5.41, 5.74) is 0.739. The monoisotopic (exact) mass is 285 g/mol. The van der Waals surface area contributed by atoms with Crippen LogP contribution < -0.4 is 5.32 Å². The molecular weight excluding hydrogens is 262 g/mol. The number of allylic oxidation sites excluding steroid dienone is 2. The Morgan fingerprint density at radius 2 is 2.14 bits per heavy atom. The van der Waals surface area contributed by atoms with E-state index in [9.17, 15) is 4.79 Å². The van der Waals surface area contributed by atoms with E-state index in [1.54, 1.807) is 24.5 Å². The lowest BCUT2D eigenvalue weighted by atomic mass is 9.94. The van der Waals surface area contributed by atoms with Gasteiger partial charge in [-0.1, -0.05) is 12.2 Å². The van der Waals surface area contributed by atoms with E-state index in [2.05, 4.69) is 22.5 Å². The highest BCUT2D eigenvalue weighted by atomic mass is 16.2. The topological polar surface area (TPSA) is 45.2 Å². The minimum Gasteiger partial charge on any atom is -0.337 e. The summed E-state index contributed by atoms with van der Waals surface area (Å²) in [4.78, 5) is 18.3. The van der Waals surface area contributed by atoms with Gasteiger partial charge in [0.1, 0.15) is 0 Å². The van der Waals surface area contributed by atoms with Crippen LogP contribution in [0.5, 0.6) is 0 Å². The van der Waals surface area contributed by atoms with Crippen molar-refractivity contribution in [1.29, 1.82) is 0 Å². The summed E-state index contributed by atoms with van der Waals surface area (Å²) in [7, 11) is 0. The second kappa shape index (κ2) is 6.85. The molecule has 1 aromatic heterocycles. The zero-order valence-corrected chi connectivity index (χ0v) is 12.4. The number of carbonyl (C=O) groups excluding carboxylic acids is 1. The van der Waals surface area contributed by atoms with Crippen LogP contribution in [-0.2, 0) is 0 Å². The summed E-state index contributed by atoms with van der Waals surface area (Å²) in [6, 6.07) is 4.02. The first kappa shape index (κ1) is 14.3. The molecule has 1 N–H and O–H groups in total. The van der Waals surface area contributed by atoms with Gasteiger partial charge in [-0.3, -0.25) is 9.78 Å². The molecule has 4 nitrogen and oxygen atoms in total. The number of hydrogen-bond donors (Lipinski definition) is 1. The molecular formula is C17H23N3O. The first-order valence-corrected chi connectivity index (χ1v) is 7.90. The molecule has 1 aliphatic heterocycles. The summed E-state index contributed by atoms with van der Waals surface area (Å²) in [5.74, 6) is 0.891. The molecule has 3 rings (SSSR count). The molecule has 2 atom stereocenters. The van der Waals surface area contributed by atoms with Gasteiger partial charge in [0.15, 0.2) is 0 Å². The van der Waals surface area contributed by atoms with Crippen LogP contribution in [0.2, 0.25) is 0 Å². The van der Waals surface area contributed by atoms with Crippen molar-refractivity contribution in [3.63, 3.8) is 0 Å². The lowest BCUT2D eigenvalue weighted by Crippen LogP contribution is -2.37. The third-order valence-corrected chi connectivity index (χ3v) is 4.48. The van der Waals surface area contributed by atoms with Crippen LogP contribution in [0.1, 0.15) is 36.0 Å². The van der Waals surface area contributed by atoms with Gasteiger partial charge < -0.3 is 10.2 Å². The van der Waals surface area contributed by atoms with Crippen molar-refractivity contribution >= 4 is 5.91 Å². The van der Waals surface area contributed by atoms with E-state index in [1.165, 1.54) is 19.3 Å². The number of carbonyl (C=O) groups is 1. The quantitative estimate of drug-likeness (QED) is 0.863. The van der Waals surface area contributed by atoms with Crippen molar-refractivity contribution in [2.24, 2.45) is 5.92 Å². The number of rotatable bonds is 4. The zero-order chi connectivity index (χ0) is 14.5. The summed E-state index contributed by atoms with van der Waals surface area (Å²) < 4.78 is 0. The minimum atomic E-state index is 0.127. The van der Waals surface area contributed by atoms with Crippen LogP contribution in [0.3, 0.4) is 0 Å². The highest BCUT2D eigenvalue weighted by Gasteiger charge is 2.27. The Bertz CT molecular complexity index is 500. The molecule has 4 heteroatoms. The molecule has 2 heterocycles. The van der Waals surface area contributed by atoms with E-state index >= 15 is 0 Å². The Morgan fingerprint density at radius 3 is 2.90 bits per heavy atom. The fourth-order valence-corrected chi connectivity index (χ4v) is 3.16. The van der Waals surface area contributed by atoms with Gasteiger partial charge in [0, 0.05) is 37.1 Å². The van der Waals surface area contributed by atoms with Gasteiger partial charge in [0.2, 0.25) is 0 Å². The normalized spacial score (nSPS) is 25.2. The van der Waals surface area contributed by atoms with Crippen LogP contribution in [0, 0.1) is 5.92 Å². The Hall–Kier alpha value is -1.68. The molecule has 1 amide bonds. The third kappa shape index (κ3) is 3.70. The number of likely N-dealkylation sites (tertiary alicyclic amines) is 1. The largest absolute Gasteiger partial charge is 0.337 e. The SMILES string of the molecule is O=C(c1ccncc1)N1CC[C@H](NC[C@H]2CC=CCC2)C1. The summed E-state index contributed by atoms with van der Waals surface area (Å²) in [5, 5.41) is 3.65. The van der Waals surface area contributed by atoms with Gasteiger partial charge in [-0.05, 0) is 50.3 Å². The standard InChI is InChI=1S/C17H23N3O/c21-17(15-6-9-18-10-7-15)20-11-8-16(13-20)19-12-14-4-2-1-3-5-14/h1-2,6-7,9-10,14,16,19H,3-5,8,11-13H2/t14-,16-/m0/s1. The van der Waals surface area contributed by atoms with Gasteiger partial charge >= 0.3 is 0 Å². The highest BCUT2D eigenvalue weighted by molar-refractivity contribution is 5.94. The molecule has 0 radical (unpaired) electrons. The number of aromatic nitrogens is 1. The van der Waals surface area contributed by atoms with Crippen LogP contribution >= 0.6 is 0 Å². The van der Waals surface area contributed by atoms with Crippen molar-refractivity contribution < 1.29 is 4.79 Å². The number of nitrogens with one attached hydrogen (secondary N) is 1. The summed E-state index contributed by atoms with van der Waals surface area (Å²) >= 11 is 0. The van der Waals surface area contributed by atoms with Crippen molar-refractivity contribution in [1.82, 2.24) is 15.2 Å². The molecule has 2 aliphatic rings. The number of hydrogen-bond acceptors (Lipinski definition) is 3. The predicted octanol–water partition coefficient (Wildman–Crippen LogP) is 2.24. The van der Waals surface area contributed by atoms with E-state index in [0.29, 0.717) is 6.04 Å². The molecule has 0 aromatic carbocycles. The lowest BCUT2D eigenvalue weighted by Gasteiger charge is -2.21. The van der Waals surface area contributed by atoms with E-state index in [4.69, 9.17) is 0 Å². The number of nitrogens with zero attached hydrogens (tertiary/aromatic N) is 2. The van der Waals surface area contributed by atoms with Gasteiger partial charge in [0.25, 0.3) is 5.91 Å². The molecule has 1 fully saturated rings. The first-order chi connectivity index (χ1) is 10.3. The average Bonchev–Trinajstić information content (AvgIpc) is 3.03.